The molecule has 40 heavy (non-hydrogen) atoms. The number of piperazine rings is 1. The van der Waals surface area contributed by atoms with Crippen molar-refractivity contribution in [1.82, 2.24) is 19.4 Å². The Bertz CT molecular complexity index is 1520. The van der Waals surface area contributed by atoms with Crippen LogP contribution in [0.1, 0.15) is 12.6 Å². The molecule has 2 aromatic carbocycles. The fourth-order valence-corrected chi connectivity index (χ4v) is 5.16. The second-order valence-electron chi connectivity index (χ2n) is 8.80. The number of hydrogen-bond acceptors (Lipinski definition) is 5. The van der Waals surface area contributed by atoms with E-state index in [0.29, 0.717) is 75.6 Å². The van der Waals surface area contributed by atoms with Gasteiger partial charge in [0, 0.05) is 60.7 Å². The molecule has 206 valence electrons. The number of rotatable bonds is 7. The standard InChI is InChI=1S/C29H28Cl3N7O/c1-5-6-19(18-33-2)29(40)38-15-13-37(14-16-38)27(34-3)25-28(35-4)39(22-10-7-20(30)8-11-22)26(36-25)23-12-9-21(31)17-24(23)32/h5-12,17-18H,2,4,13-16H2,1,3H3/b6-5-,19-18+,34-27?. The zero-order valence-electron chi connectivity index (χ0n) is 22.2. The molecule has 4 rings (SSSR count). The number of benzene rings is 2. The predicted octanol–water partition coefficient (Wildman–Crippen LogP) is 6.51. The average Bonchev–Trinajstić information content (AvgIpc) is 3.32. The van der Waals surface area contributed by atoms with E-state index in [0.717, 1.165) is 5.69 Å². The van der Waals surface area contributed by atoms with Gasteiger partial charge in [0.2, 0.25) is 0 Å². The van der Waals surface area contributed by atoms with E-state index in [-0.39, 0.29) is 5.91 Å². The molecule has 0 spiro atoms. The van der Waals surface area contributed by atoms with Gasteiger partial charge in [-0.1, -0.05) is 47.0 Å². The summed E-state index contributed by atoms with van der Waals surface area (Å²) in [6, 6.07) is 12.6. The van der Waals surface area contributed by atoms with Gasteiger partial charge >= 0.3 is 0 Å². The van der Waals surface area contributed by atoms with Crippen LogP contribution in [0.4, 0.5) is 5.82 Å². The minimum Gasteiger partial charge on any atom is -0.351 e. The Balaban J connectivity index is 1.74. The minimum absolute atomic E-state index is 0.0970. The number of imidazole rings is 1. The maximum absolute atomic E-state index is 13.0. The maximum atomic E-state index is 13.0. The maximum Gasteiger partial charge on any atom is 0.255 e. The fraction of sp³-hybridized carbons (Fsp3) is 0.207. The second-order valence-corrected chi connectivity index (χ2v) is 10.1. The van der Waals surface area contributed by atoms with Crippen LogP contribution >= 0.6 is 34.8 Å². The quantitative estimate of drug-likeness (QED) is 0.135. The minimum atomic E-state index is -0.0970. The summed E-state index contributed by atoms with van der Waals surface area (Å²) in [5.74, 6) is 1.58. The van der Waals surface area contributed by atoms with Crippen molar-refractivity contribution < 1.29 is 4.79 Å². The van der Waals surface area contributed by atoms with Crippen molar-refractivity contribution in [2.45, 2.75) is 6.92 Å². The van der Waals surface area contributed by atoms with Crippen molar-refractivity contribution in [3.05, 3.63) is 87.2 Å². The van der Waals surface area contributed by atoms with Gasteiger partial charge in [-0.05, 0) is 62.8 Å². The molecule has 1 aliphatic rings. The summed E-state index contributed by atoms with van der Waals surface area (Å²) in [6.07, 6.45) is 5.01. The Hall–Kier alpha value is -3.72. The summed E-state index contributed by atoms with van der Waals surface area (Å²) in [7, 11) is 1.71. The summed E-state index contributed by atoms with van der Waals surface area (Å²) in [4.78, 5) is 34.7. The van der Waals surface area contributed by atoms with Crippen molar-refractivity contribution in [2.24, 2.45) is 15.0 Å². The lowest BCUT2D eigenvalue weighted by Gasteiger charge is -2.36. The third-order valence-electron chi connectivity index (χ3n) is 6.37. The number of aromatic nitrogens is 2. The largest absolute Gasteiger partial charge is 0.351 e. The first-order valence-corrected chi connectivity index (χ1v) is 13.6. The lowest BCUT2D eigenvalue weighted by atomic mass is 10.2. The third kappa shape index (κ3) is 6.04. The molecule has 2 heterocycles. The number of hydrogen-bond donors (Lipinski definition) is 0. The smallest absolute Gasteiger partial charge is 0.255 e. The van der Waals surface area contributed by atoms with Crippen LogP contribution in [0.5, 0.6) is 0 Å². The van der Waals surface area contributed by atoms with Gasteiger partial charge in [-0.25, -0.2) is 9.98 Å². The lowest BCUT2D eigenvalue weighted by molar-refractivity contribution is -0.128. The van der Waals surface area contributed by atoms with Crippen molar-refractivity contribution in [1.29, 1.82) is 0 Å². The molecular weight excluding hydrogens is 569 g/mol. The predicted molar refractivity (Wildman–Crippen MR) is 166 cm³/mol. The first-order chi connectivity index (χ1) is 19.3. The first kappa shape index (κ1) is 29.3. The van der Waals surface area contributed by atoms with Gasteiger partial charge in [-0.2, -0.15) is 0 Å². The van der Waals surface area contributed by atoms with Crippen molar-refractivity contribution in [3.8, 4) is 17.1 Å². The monoisotopic (exact) mass is 595 g/mol. The number of nitrogens with zero attached hydrogens (tertiary/aromatic N) is 7. The van der Waals surface area contributed by atoms with E-state index in [4.69, 9.17) is 39.8 Å². The van der Waals surface area contributed by atoms with E-state index in [1.807, 2.05) is 29.7 Å². The van der Waals surface area contributed by atoms with E-state index in [9.17, 15) is 4.79 Å². The summed E-state index contributed by atoms with van der Waals surface area (Å²) >= 11 is 19.0. The van der Waals surface area contributed by atoms with E-state index in [1.54, 1.807) is 48.4 Å². The summed E-state index contributed by atoms with van der Waals surface area (Å²) in [5.41, 5.74) is 2.47. The van der Waals surface area contributed by atoms with Crippen LogP contribution in [-0.2, 0) is 4.79 Å². The third-order valence-corrected chi connectivity index (χ3v) is 7.17. The normalized spacial score (nSPS) is 14.6. The van der Waals surface area contributed by atoms with Crippen molar-refractivity contribution in [2.75, 3.05) is 33.2 Å². The van der Waals surface area contributed by atoms with Gasteiger partial charge < -0.3 is 9.80 Å². The summed E-state index contributed by atoms with van der Waals surface area (Å²) in [5, 5.41) is 1.55. The van der Waals surface area contributed by atoms with Crippen LogP contribution in [0.25, 0.3) is 17.1 Å². The Morgan fingerprint density at radius 1 is 0.975 bits per heavy atom. The van der Waals surface area contributed by atoms with E-state index >= 15 is 0 Å². The molecule has 0 aliphatic carbocycles. The SMILES string of the molecule is C=N/C=C(\C=C/C)C(=O)N1CCN(C(=NC)c2nc(-c3ccc(Cl)cc3Cl)n(-c3ccc(Cl)cc3)c2N=C)CC1. The fourth-order valence-electron chi connectivity index (χ4n) is 4.54. The molecule has 1 amide bonds. The summed E-state index contributed by atoms with van der Waals surface area (Å²) < 4.78 is 1.87. The van der Waals surface area contributed by atoms with Crippen LogP contribution in [-0.4, -0.2) is 77.8 Å². The molecule has 1 fully saturated rings. The zero-order valence-corrected chi connectivity index (χ0v) is 24.5. The van der Waals surface area contributed by atoms with E-state index in [1.165, 1.54) is 6.20 Å². The molecule has 11 heteroatoms. The average molecular weight is 597 g/mol. The molecule has 0 unspecified atom stereocenters. The molecule has 1 aliphatic heterocycles. The Morgan fingerprint density at radius 3 is 2.20 bits per heavy atom. The Morgan fingerprint density at radius 2 is 1.62 bits per heavy atom. The highest BCUT2D eigenvalue weighted by Gasteiger charge is 2.30. The molecule has 0 radical (unpaired) electrons. The number of carbonyl (C=O) groups is 1. The molecule has 8 nitrogen and oxygen atoms in total. The van der Waals surface area contributed by atoms with Crippen molar-refractivity contribution >= 4 is 65.8 Å². The number of amidine groups is 1. The molecule has 3 aromatic rings. The lowest BCUT2D eigenvalue weighted by Crippen LogP contribution is -2.51. The first-order valence-electron chi connectivity index (χ1n) is 12.4. The van der Waals surface area contributed by atoms with Crippen molar-refractivity contribution in [3.63, 3.8) is 0 Å². The number of amides is 1. The van der Waals surface area contributed by atoms with Gasteiger partial charge in [0.1, 0.15) is 5.82 Å². The highest BCUT2D eigenvalue weighted by Crippen LogP contribution is 2.37. The van der Waals surface area contributed by atoms with Gasteiger partial charge in [0.25, 0.3) is 5.91 Å². The molecule has 0 bridgehead atoms. The second kappa shape index (κ2) is 13.1. The van der Waals surface area contributed by atoms with E-state index in [2.05, 4.69) is 33.3 Å². The molecule has 1 aromatic heterocycles. The Kier molecular flexibility index (Phi) is 9.58. The van der Waals surface area contributed by atoms with Crippen LogP contribution in [0.3, 0.4) is 0 Å². The Labute approximate surface area is 248 Å². The van der Waals surface area contributed by atoms with Gasteiger partial charge in [-0.15, -0.1) is 0 Å². The highest BCUT2D eigenvalue weighted by molar-refractivity contribution is 6.36. The zero-order chi connectivity index (χ0) is 28.8. The van der Waals surface area contributed by atoms with Gasteiger partial charge in [0.15, 0.2) is 17.3 Å². The van der Waals surface area contributed by atoms with Crippen LogP contribution < -0.4 is 0 Å². The molecule has 0 saturated carbocycles. The number of carbonyl (C=O) groups excluding carboxylic acids is 1. The molecular formula is C29H28Cl3N7O. The van der Waals surface area contributed by atoms with Crippen LogP contribution in [0, 0.1) is 0 Å². The molecule has 0 atom stereocenters. The number of allylic oxidation sites excluding steroid dienone is 1. The highest BCUT2D eigenvalue weighted by atomic mass is 35.5. The van der Waals surface area contributed by atoms with Gasteiger partial charge in [0.05, 0.1) is 10.6 Å². The van der Waals surface area contributed by atoms with Crippen LogP contribution in [0.15, 0.2) is 81.4 Å². The molecule has 0 N–H and O–H groups in total. The number of halogens is 3. The molecule has 1 saturated heterocycles. The van der Waals surface area contributed by atoms with Crippen LogP contribution in [0.2, 0.25) is 15.1 Å². The topological polar surface area (TPSA) is 78.5 Å². The number of aliphatic imine (C=N–C) groups is 3. The summed E-state index contributed by atoms with van der Waals surface area (Å²) in [6.45, 7) is 11.3. The van der Waals surface area contributed by atoms with Gasteiger partial charge in [-0.3, -0.25) is 19.3 Å². The van der Waals surface area contributed by atoms with E-state index < -0.39 is 0 Å².